The monoisotopic (exact) mass is 478 g/mol. The van der Waals surface area contributed by atoms with Gasteiger partial charge < -0.3 is 9.64 Å². The van der Waals surface area contributed by atoms with Crippen molar-refractivity contribution in [3.63, 3.8) is 0 Å². The molecule has 2 unspecified atom stereocenters. The molecule has 4 rings (SSSR count). The first kappa shape index (κ1) is 20.7. The Bertz CT molecular complexity index is 931. The molecule has 7 heteroatoms. The van der Waals surface area contributed by atoms with E-state index >= 15 is 0 Å². The highest BCUT2D eigenvalue weighted by molar-refractivity contribution is 9.10. The number of benzene rings is 1. The number of pyridine rings is 1. The number of halogens is 2. The number of aromatic nitrogens is 1. The third kappa shape index (κ3) is 4.04. The summed E-state index contributed by atoms with van der Waals surface area (Å²) in [7, 11) is 0. The average molecular weight is 479 g/mol. The van der Waals surface area contributed by atoms with Crippen molar-refractivity contribution in [2.24, 2.45) is 0 Å². The Morgan fingerprint density at radius 2 is 2.07 bits per heavy atom. The number of ether oxygens (including phenoxy) is 1. The summed E-state index contributed by atoms with van der Waals surface area (Å²) in [6, 6.07) is 8.67. The fraction of sp³-hybridized carbons (Fsp3) is 0.455. The van der Waals surface area contributed by atoms with E-state index < -0.39 is 5.60 Å². The largest absolute Gasteiger partial charge is 0.444 e. The van der Waals surface area contributed by atoms with Gasteiger partial charge in [0.25, 0.3) is 0 Å². The number of hydrogen-bond donors (Lipinski definition) is 0. The second-order valence-electron chi connectivity index (χ2n) is 8.58. The van der Waals surface area contributed by atoms with Crippen LogP contribution in [-0.2, 0) is 15.9 Å². The highest BCUT2D eigenvalue weighted by Gasteiger charge is 2.55. The zero-order chi connectivity index (χ0) is 20.8. The summed E-state index contributed by atoms with van der Waals surface area (Å²) in [5.41, 5.74) is 1.69. The van der Waals surface area contributed by atoms with Gasteiger partial charge in [-0.05, 0) is 91.9 Å². The normalized spacial score (nSPS) is 23.5. The van der Waals surface area contributed by atoms with E-state index in [2.05, 4.69) is 22.0 Å². The first-order valence-electron chi connectivity index (χ1n) is 9.77. The van der Waals surface area contributed by atoms with Crippen LogP contribution in [-0.4, -0.2) is 34.2 Å². The van der Waals surface area contributed by atoms with E-state index in [-0.39, 0.29) is 22.7 Å². The molecule has 0 N–H and O–H groups in total. The number of likely N-dealkylation sites (tertiary alicyclic amines) is 1. The van der Waals surface area contributed by atoms with Gasteiger partial charge in [-0.1, -0.05) is 0 Å². The zero-order valence-corrected chi connectivity index (χ0v) is 19.1. The standard InChI is InChI=1S/C22H24BrFN2O2S/c1-21(2,3)28-20(27)26-11-10-22(29-17-7-5-16(24)6-8-17)18(26)9-4-14-12-15(23)13-25-19(14)22/h5-8,12-13,18H,4,9-11H2,1-3H3. The van der Waals surface area contributed by atoms with Crippen LogP contribution in [0.2, 0.25) is 0 Å². The van der Waals surface area contributed by atoms with Crippen LogP contribution in [0.1, 0.15) is 44.9 Å². The highest BCUT2D eigenvalue weighted by atomic mass is 79.9. The number of rotatable bonds is 2. The minimum Gasteiger partial charge on any atom is -0.444 e. The van der Waals surface area contributed by atoms with Gasteiger partial charge in [-0.3, -0.25) is 4.98 Å². The molecule has 1 aromatic carbocycles. The molecular weight excluding hydrogens is 455 g/mol. The van der Waals surface area contributed by atoms with E-state index in [9.17, 15) is 9.18 Å². The summed E-state index contributed by atoms with van der Waals surface area (Å²) in [5.74, 6) is -0.253. The molecule has 2 aromatic rings. The van der Waals surface area contributed by atoms with Crippen LogP contribution in [0.25, 0.3) is 0 Å². The minimum absolute atomic E-state index is 0.0198. The van der Waals surface area contributed by atoms with Gasteiger partial charge in [0.2, 0.25) is 0 Å². The maximum absolute atomic E-state index is 13.4. The van der Waals surface area contributed by atoms with Gasteiger partial charge >= 0.3 is 6.09 Å². The van der Waals surface area contributed by atoms with Crippen molar-refractivity contribution in [2.75, 3.05) is 6.54 Å². The lowest BCUT2D eigenvalue weighted by molar-refractivity contribution is 0.0202. The summed E-state index contributed by atoms with van der Waals surface area (Å²) in [4.78, 5) is 20.6. The van der Waals surface area contributed by atoms with Crippen molar-refractivity contribution < 1.29 is 13.9 Å². The second-order valence-corrected chi connectivity index (χ2v) is 10.9. The van der Waals surface area contributed by atoms with Gasteiger partial charge in [-0.2, -0.15) is 0 Å². The first-order valence-corrected chi connectivity index (χ1v) is 11.4. The number of aryl methyl sites for hydroxylation is 1. The van der Waals surface area contributed by atoms with Gasteiger partial charge in [0, 0.05) is 22.1 Å². The number of carbonyl (C=O) groups is 1. The number of thioether (sulfide) groups is 1. The van der Waals surface area contributed by atoms with Crippen molar-refractivity contribution >= 4 is 33.8 Å². The number of fused-ring (bicyclic) bond motifs is 3. The average Bonchev–Trinajstić information content (AvgIpc) is 3.01. The Balaban J connectivity index is 1.74. The predicted octanol–water partition coefficient (Wildman–Crippen LogP) is 5.93. The van der Waals surface area contributed by atoms with Crippen LogP contribution < -0.4 is 0 Å². The van der Waals surface area contributed by atoms with E-state index in [1.54, 1.807) is 23.9 Å². The summed E-state index contributed by atoms with van der Waals surface area (Å²) < 4.78 is 19.7. The molecule has 4 nitrogen and oxygen atoms in total. The Morgan fingerprint density at radius 1 is 1.34 bits per heavy atom. The summed E-state index contributed by atoms with van der Waals surface area (Å²) in [6.07, 6.45) is 4.03. The third-order valence-electron chi connectivity index (χ3n) is 5.40. The van der Waals surface area contributed by atoms with Crippen molar-refractivity contribution in [3.8, 4) is 0 Å². The van der Waals surface area contributed by atoms with E-state index in [0.29, 0.717) is 6.54 Å². The Kier molecular flexibility index (Phi) is 5.40. The molecule has 0 bridgehead atoms. The molecule has 0 radical (unpaired) electrons. The fourth-order valence-electron chi connectivity index (χ4n) is 4.29. The van der Waals surface area contributed by atoms with E-state index in [4.69, 9.17) is 9.72 Å². The molecule has 2 aliphatic rings. The van der Waals surface area contributed by atoms with E-state index in [0.717, 1.165) is 34.3 Å². The minimum atomic E-state index is -0.540. The molecule has 0 saturated carbocycles. The van der Waals surface area contributed by atoms with Crippen molar-refractivity contribution in [3.05, 3.63) is 58.1 Å². The van der Waals surface area contributed by atoms with E-state index in [1.807, 2.05) is 31.9 Å². The SMILES string of the molecule is CC(C)(C)OC(=O)N1CCC2(Sc3ccc(F)cc3)c3ncc(Br)cc3CCC12. The van der Waals surface area contributed by atoms with Crippen molar-refractivity contribution in [2.45, 2.75) is 61.3 Å². The molecule has 1 saturated heterocycles. The lowest BCUT2D eigenvalue weighted by Gasteiger charge is -2.41. The van der Waals surface area contributed by atoms with Gasteiger partial charge in [-0.25, -0.2) is 9.18 Å². The molecule has 1 amide bonds. The third-order valence-corrected chi connectivity index (χ3v) is 7.38. The molecule has 154 valence electrons. The summed E-state index contributed by atoms with van der Waals surface area (Å²) >= 11 is 5.21. The molecule has 2 heterocycles. The smallest absolute Gasteiger partial charge is 0.410 e. The lowest BCUT2D eigenvalue weighted by Crippen LogP contribution is -2.48. The number of carbonyl (C=O) groups excluding carboxylic acids is 1. The van der Waals surface area contributed by atoms with E-state index in [1.165, 1.54) is 17.7 Å². The molecular formula is C22H24BrFN2O2S. The molecule has 29 heavy (non-hydrogen) atoms. The van der Waals surface area contributed by atoms with Gasteiger partial charge in [-0.15, -0.1) is 11.8 Å². The maximum Gasteiger partial charge on any atom is 0.410 e. The molecule has 1 aromatic heterocycles. The van der Waals surface area contributed by atoms with Gasteiger partial charge in [0.1, 0.15) is 11.4 Å². The van der Waals surface area contributed by atoms with Crippen LogP contribution in [0, 0.1) is 5.82 Å². The topological polar surface area (TPSA) is 42.4 Å². The van der Waals surface area contributed by atoms with Crippen LogP contribution >= 0.6 is 27.7 Å². The number of nitrogens with zero attached hydrogens (tertiary/aromatic N) is 2. The van der Waals surface area contributed by atoms with Crippen LogP contribution in [0.3, 0.4) is 0 Å². The molecule has 1 aliphatic carbocycles. The zero-order valence-electron chi connectivity index (χ0n) is 16.7. The first-order chi connectivity index (χ1) is 13.7. The Labute approximate surface area is 183 Å². The fourth-order valence-corrected chi connectivity index (χ4v) is 6.22. The van der Waals surface area contributed by atoms with Gasteiger partial charge in [0.05, 0.1) is 16.5 Å². The highest BCUT2D eigenvalue weighted by Crippen LogP contribution is 2.56. The quantitative estimate of drug-likeness (QED) is 0.536. The Hall–Kier alpha value is -1.60. The summed E-state index contributed by atoms with van der Waals surface area (Å²) in [6.45, 7) is 6.27. The Morgan fingerprint density at radius 3 is 2.76 bits per heavy atom. The van der Waals surface area contributed by atoms with Crippen molar-refractivity contribution in [1.29, 1.82) is 0 Å². The molecule has 1 fully saturated rings. The predicted molar refractivity (Wildman–Crippen MR) is 116 cm³/mol. The van der Waals surface area contributed by atoms with Crippen LogP contribution in [0.15, 0.2) is 45.9 Å². The lowest BCUT2D eigenvalue weighted by atomic mass is 9.82. The maximum atomic E-state index is 13.4. The molecule has 0 spiro atoms. The van der Waals surface area contributed by atoms with Crippen molar-refractivity contribution in [1.82, 2.24) is 9.88 Å². The van der Waals surface area contributed by atoms with Crippen LogP contribution in [0.4, 0.5) is 9.18 Å². The number of amides is 1. The number of hydrogen-bond acceptors (Lipinski definition) is 4. The van der Waals surface area contributed by atoms with Gasteiger partial charge in [0.15, 0.2) is 0 Å². The molecule has 2 atom stereocenters. The summed E-state index contributed by atoms with van der Waals surface area (Å²) in [5, 5.41) is 0. The molecule has 1 aliphatic heterocycles. The second kappa shape index (κ2) is 7.58. The van der Waals surface area contributed by atoms with Crippen LogP contribution in [0.5, 0.6) is 0 Å².